The molecule has 0 aliphatic heterocycles. The normalized spacial score (nSPS) is 10.1. The Morgan fingerprint density at radius 2 is 2.21 bits per heavy atom. The van der Waals surface area contributed by atoms with Gasteiger partial charge in [-0.2, -0.15) is 10.1 Å². The van der Waals surface area contributed by atoms with Gasteiger partial charge < -0.3 is 9.26 Å². The third kappa shape index (κ3) is 1.39. The molecule has 1 aromatic carbocycles. The van der Waals surface area contributed by atoms with E-state index in [2.05, 4.69) is 10.1 Å². The van der Waals surface area contributed by atoms with Gasteiger partial charge in [-0.3, -0.25) is 0 Å². The molecular formula is C9H8N2O3. The molecular weight excluding hydrogens is 184 g/mol. The lowest BCUT2D eigenvalue weighted by atomic mass is 10.2. The Morgan fingerprint density at radius 3 is 2.86 bits per heavy atom. The van der Waals surface area contributed by atoms with Crippen molar-refractivity contribution in [3.05, 3.63) is 34.7 Å². The van der Waals surface area contributed by atoms with Gasteiger partial charge in [0.05, 0.1) is 12.7 Å². The molecule has 14 heavy (non-hydrogen) atoms. The first kappa shape index (κ1) is 8.55. The molecule has 1 N–H and O–H groups in total. The lowest BCUT2D eigenvalue weighted by Crippen LogP contribution is -2.00. The maximum Gasteiger partial charge on any atom is 0.377 e. The second-order valence-electron chi connectivity index (χ2n) is 2.63. The molecule has 0 fully saturated rings. The quantitative estimate of drug-likeness (QED) is 0.771. The highest BCUT2D eigenvalue weighted by atomic mass is 16.5. The van der Waals surface area contributed by atoms with Crippen molar-refractivity contribution in [3.8, 4) is 17.2 Å². The molecule has 2 aromatic rings. The average Bonchev–Trinajstić information content (AvgIpc) is 2.65. The van der Waals surface area contributed by atoms with E-state index in [0.29, 0.717) is 11.3 Å². The summed E-state index contributed by atoms with van der Waals surface area (Å²) in [5.74, 6) is 0.843. The van der Waals surface area contributed by atoms with Gasteiger partial charge in [-0.05, 0) is 12.1 Å². The van der Waals surface area contributed by atoms with Gasteiger partial charge in [-0.25, -0.2) is 4.79 Å². The summed E-state index contributed by atoms with van der Waals surface area (Å²) in [6.45, 7) is 0. The Kier molecular flexibility index (Phi) is 2.06. The lowest BCUT2D eigenvalue weighted by Gasteiger charge is -2.02. The van der Waals surface area contributed by atoms with E-state index < -0.39 is 5.69 Å². The molecule has 0 atom stereocenters. The number of hydrogen-bond acceptors (Lipinski definition) is 4. The minimum Gasteiger partial charge on any atom is -0.496 e. The van der Waals surface area contributed by atoms with Crippen molar-refractivity contribution in [3.63, 3.8) is 0 Å². The van der Waals surface area contributed by atoms with Gasteiger partial charge in [0.25, 0.3) is 5.89 Å². The molecule has 0 bridgehead atoms. The van der Waals surface area contributed by atoms with Crippen LogP contribution in [0, 0.1) is 0 Å². The zero-order valence-corrected chi connectivity index (χ0v) is 7.48. The number of hydrogen-bond donors (Lipinski definition) is 1. The second-order valence-corrected chi connectivity index (χ2v) is 2.63. The summed E-state index contributed by atoms with van der Waals surface area (Å²) in [7, 11) is 1.55. The van der Waals surface area contributed by atoms with E-state index in [1.54, 1.807) is 19.2 Å². The molecule has 0 radical (unpaired) electrons. The van der Waals surface area contributed by atoms with E-state index >= 15 is 0 Å². The molecule has 0 aliphatic rings. The molecule has 2 rings (SSSR count). The Labute approximate surface area is 79.3 Å². The molecule has 72 valence electrons. The van der Waals surface area contributed by atoms with Gasteiger partial charge in [-0.15, -0.1) is 0 Å². The van der Waals surface area contributed by atoms with Crippen LogP contribution in [0.4, 0.5) is 0 Å². The van der Waals surface area contributed by atoms with Crippen LogP contribution >= 0.6 is 0 Å². The Bertz CT molecular complexity index is 487. The summed E-state index contributed by atoms with van der Waals surface area (Å²) in [5.41, 5.74) is 0.138. The molecule has 0 saturated carbocycles. The number of rotatable bonds is 2. The molecule has 5 nitrogen and oxygen atoms in total. The van der Waals surface area contributed by atoms with Crippen molar-refractivity contribution in [2.45, 2.75) is 0 Å². The summed E-state index contributed by atoms with van der Waals surface area (Å²) >= 11 is 0. The molecule has 0 saturated heterocycles. The van der Waals surface area contributed by atoms with Crippen molar-refractivity contribution < 1.29 is 9.26 Å². The Morgan fingerprint density at radius 1 is 1.43 bits per heavy atom. The van der Waals surface area contributed by atoms with Gasteiger partial charge in [0.15, 0.2) is 0 Å². The number of nitrogens with one attached hydrogen (secondary N) is 1. The summed E-state index contributed by atoms with van der Waals surface area (Å²) in [4.78, 5) is 14.4. The maximum atomic E-state index is 10.8. The van der Waals surface area contributed by atoms with Gasteiger partial charge in [-0.1, -0.05) is 12.1 Å². The van der Waals surface area contributed by atoms with Gasteiger partial charge in [0.1, 0.15) is 5.75 Å². The Balaban J connectivity index is 2.55. The number of ether oxygens (including phenoxy) is 1. The van der Waals surface area contributed by atoms with Crippen LogP contribution in [0.3, 0.4) is 0 Å². The van der Waals surface area contributed by atoms with E-state index in [4.69, 9.17) is 9.26 Å². The molecule has 0 spiro atoms. The summed E-state index contributed by atoms with van der Waals surface area (Å²) in [6.07, 6.45) is 0. The number of aromatic nitrogens is 2. The third-order valence-corrected chi connectivity index (χ3v) is 1.78. The standard InChI is InChI=1S/C9H8N2O3/c1-13-7-5-3-2-4-6(7)8-10-9(12)11-14-8/h2-5H,1H3,(H,11,12). The largest absolute Gasteiger partial charge is 0.496 e. The Hall–Kier alpha value is -2.04. The van der Waals surface area contributed by atoms with Crippen LogP contribution in [0.15, 0.2) is 33.6 Å². The predicted octanol–water partition coefficient (Wildman–Crippen LogP) is 1.04. The number of aromatic amines is 1. The highest BCUT2D eigenvalue weighted by molar-refractivity contribution is 5.61. The fraction of sp³-hybridized carbons (Fsp3) is 0.111. The van der Waals surface area contributed by atoms with Crippen molar-refractivity contribution in [2.24, 2.45) is 0 Å². The average molecular weight is 192 g/mol. The molecule has 0 amide bonds. The van der Waals surface area contributed by atoms with Gasteiger partial charge in [0.2, 0.25) is 0 Å². The minimum absolute atomic E-state index is 0.229. The highest BCUT2D eigenvalue weighted by Crippen LogP contribution is 2.26. The lowest BCUT2D eigenvalue weighted by molar-refractivity contribution is 0.403. The topological polar surface area (TPSA) is 68.1 Å². The molecule has 0 aliphatic carbocycles. The van der Waals surface area contributed by atoms with E-state index in [1.807, 2.05) is 12.1 Å². The van der Waals surface area contributed by atoms with Crippen molar-refractivity contribution in [2.75, 3.05) is 7.11 Å². The number of nitrogens with zero attached hydrogens (tertiary/aromatic N) is 1. The van der Waals surface area contributed by atoms with E-state index in [9.17, 15) is 4.79 Å². The fourth-order valence-corrected chi connectivity index (χ4v) is 1.17. The van der Waals surface area contributed by atoms with E-state index in [-0.39, 0.29) is 5.89 Å². The van der Waals surface area contributed by atoms with Crippen LogP contribution in [0.1, 0.15) is 0 Å². The zero-order chi connectivity index (χ0) is 9.97. The van der Waals surface area contributed by atoms with Crippen LogP contribution < -0.4 is 10.4 Å². The third-order valence-electron chi connectivity index (χ3n) is 1.78. The molecule has 1 aromatic heterocycles. The number of benzene rings is 1. The molecule has 1 heterocycles. The first-order chi connectivity index (χ1) is 6.81. The van der Waals surface area contributed by atoms with E-state index in [0.717, 1.165) is 0 Å². The SMILES string of the molecule is COc1ccccc1-c1nc(=O)[nH]o1. The number of methoxy groups -OCH3 is 1. The number of H-pyrrole nitrogens is 1. The first-order valence-electron chi connectivity index (χ1n) is 4.00. The van der Waals surface area contributed by atoms with Crippen LogP contribution in [0.2, 0.25) is 0 Å². The van der Waals surface area contributed by atoms with Crippen molar-refractivity contribution >= 4 is 0 Å². The summed E-state index contributed by atoms with van der Waals surface area (Å²) in [5, 5.41) is 2.12. The molecule has 0 unspecified atom stereocenters. The number of para-hydroxylation sites is 1. The van der Waals surface area contributed by atoms with Crippen LogP contribution in [-0.2, 0) is 0 Å². The first-order valence-corrected chi connectivity index (χ1v) is 4.00. The van der Waals surface area contributed by atoms with Crippen molar-refractivity contribution in [1.29, 1.82) is 0 Å². The van der Waals surface area contributed by atoms with Gasteiger partial charge in [0, 0.05) is 0 Å². The smallest absolute Gasteiger partial charge is 0.377 e. The van der Waals surface area contributed by atoms with Crippen LogP contribution in [0.25, 0.3) is 11.5 Å². The van der Waals surface area contributed by atoms with Gasteiger partial charge >= 0.3 is 5.69 Å². The van der Waals surface area contributed by atoms with Crippen LogP contribution in [-0.4, -0.2) is 17.3 Å². The van der Waals surface area contributed by atoms with Crippen LogP contribution in [0.5, 0.6) is 5.75 Å². The summed E-state index contributed by atoms with van der Waals surface area (Å²) in [6, 6.07) is 7.17. The predicted molar refractivity (Wildman–Crippen MR) is 49.1 cm³/mol. The minimum atomic E-state index is -0.508. The second kappa shape index (κ2) is 3.37. The van der Waals surface area contributed by atoms with Crippen molar-refractivity contribution in [1.82, 2.24) is 10.1 Å². The molecule has 5 heteroatoms. The van der Waals surface area contributed by atoms with E-state index in [1.165, 1.54) is 0 Å². The summed E-state index contributed by atoms with van der Waals surface area (Å²) < 4.78 is 9.96. The highest BCUT2D eigenvalue weighted by Gasteiger charge is 2.10. The monoisotopic (exact) mass is 192 g/mol. The zero-order valence-electron chi connectivity index (χ0n) is 7.48. The maximum absolute atomic E-state index is 10.8. The fourth-order valence-electron chi connectivity index (χ4n) is 1.17.